The van der Waals surface area contributed by atoms with Crippen molar-refractivity contribution in [2.45, 2.75) is 25.8 Å². The monoisotopic (exact) mass is 276 g/mol. The number of likely N-dealkylation sites (tertiary alicyclic amines) is 1. The molecule has 1 aliphatic heterocycles. The second-order valence-corrected chi connectivity index (χ2v) is 5.24. The minimum Gasteiger partial charge on any atom is -0.480 e. The van der Waals surface area contributed by atoms with Crippen LogP contribution in [0.25, 0.3) is 0 Å². The van der Waals surface area contributed by atoms with Gasteiger partial charge in [0, 0.05) is 12.1 Å². The third-order valence-corrected chi connectivity index (χ3v) is 3.88. The number of aliphatic carboxylic acids is 1. The number of amides is 1. The Hall–Kier alpha value is -1.88. The van der Waals surface area contributed by atoms with Gasteiger partial charge in [0.1, 0.15) is 6.04 Å². The second kappa shape index (κ2) is 6.05. The van der Waals surface area contributed by atoms with E-state index in [1.165, 1.54) is 4.90 Å². The van der Waals surface area contributed by atoms with Crippen LogP contribution in [0, 0.1) is 5.92 Å². The summed E-state index contributed by atoms with van der Waals surface area (Å²) in [6.07, 6.45) is 1.34. The smallest absolute Gasteiger partial charge is 0.326 e. The number of carbonyl (C=O) groups is 2. The maximum Gasteiger partial charge on any atom is 0.326 e. The molecule has 1 fully saturated rings. The van der Waals surface area contributed by atoms with Crippen molar-refractivity contribution in [2.75, 3.05) is 13.1 Å². The molecule has 0 radical (unpaired) electrons. The van der Waals surface area contributed by atoms with Crippen molar-refractivity contribution in [3.05, 3.63) is 35.4 Å². The summed E-state index contributed by atoms with van der Waals surface area (Å²) in [4.78, 5) is 25.5. The summed E-state index contributed by atoms with van der Waals surface area (Å²) in [5.74, 6) is -1.15. The zero-order valence-electron chi connectivity index (χ0n) is 11.6. The van der Waals surface area contributed by atoms with Crippen LogP contribution in [0.3, 0.4) is 0 Å². The Kier molecular flexibility index (Phi) is 4.39. The van der Waals surface area contributed by atoms with Gasteiger partial charge in [-0.2, -0.15) is 0 Å². The molecule has 3 N–H and O–H groups in total. The minimum absolute atomic E-state index is 0.0156. The Balaban J connectivity index is 2.29. The molecule has 2 unspecified atom stereocenters. The van der Waals surface area contributed by atoms with Gasteiger partial charge in [0.15, 0.2) is 0 Å². The lowest BCUT2D eigenvalue weighted by Crippen LogP contribution is -2.43. The van der Waals surface area contributed by atoms with Crippen molar-refractivity contribution in [1.29, 1.82) is 0 Å². The molecule has 5 heteroatoms. The fraction of sp³-hybridized carbons (Fsp3) is 0.467. The van der Waals surface area contributed by atoms with E-state index in [9.17, 15) is 14.7 Å². The molecule has 2 atom stereocenters. The van der Waals surface area contributed by atoms with Gasteiger partial charge in [0.05, 0.1) is 0 Å². The fourth-order valence-corrected chi connectivity index (χ4v) is 2.81. The molecule has 108 valence electrons. The van der Waals surface area contributed by atoms with Gasteiger partial charge in [0.25, 0.3) is 5.91 Å². The largest absolute Gasteiger partial charge is 0.480 e. The van der Waals surface area contributed by atoms with Gasteiger partial charge in [-0.3, -0.25) is 4.79 Å². The molecule has 0 saturated carbocycles. The number of hydrogen-bond acceptors (Lipinski definition) is 3. The van der Waals surface area contributed by atoms with Gasteiger partial charge in [-0.1, -0.05) is 25.1 Å². The number of hydrogen-bond donors (Lipinski definition) is 2. The van der Waals surface area contributed by atoms with E-state index in [-0.39, 0.29) is 11.8 Å². The van der Waals surface area contributed by atoms with Crippen LogP contribution in [-0.2, 0) is 11.2 Å². The molecule has 0 bridgehead atoms. The van der Waals surface area contributed by atoms with Crippen LogP contribution < -0.4 is 5.73 Å². The first-order valence-electron chi connectivity index (χ1n) is 6.88. The van der Waals surface area contributed by atoms with E-state index in [2.05, 4.69) is 0 Å². The maximum absolute atomic E-state index is 12.6. The molecule has 1 amide bonds. The number of rotatable bonds is 4. The first-order valence-corrected chi connectivity index (χ1v) is 6.88. The van der Waals surface area contributed by atoms with Gasteiger partial charge in [-0.15, -0.1) is 0 Å². The SMILES string of the molecule is CC1CCN(C(=O)c2ccccc2CCN)C1C(=O)O. The van der Waals surface area contributed by atoms with Crippen molar-refractivity contribution >= 4 is 11.9 Å². The molecule has 1 aromatic carbocycles. The van der Waals surface area contributed by atoms with Gasteiger partial charge in [0.2, 0.25) is 0 Å². The fourth-order valence-electron chi connectivity index (χ4n) is 2.81. The summed E-state index contributed by atoms with van der Waals surface area (Å²) in [5, 5.41) is 9.31. The Morgan fingerprint density at radius 2 is 2.10 bits per heavy atom. The molecule has 0 spiro atoms. The van der Waals surface area contributed by atoms with E-state index in [1.807, 2.05) is 19.1 Å². The summed E-state index contributed by atoms with van der Waals surface area (Å²) >= 11 is 0. The van der Waals surface area contributed by atoms with E-state index < -0.39 is 12.0 Å². The highest BCUT2D eigenvalue weighted by Gasteiger charge is 2.40. The summed E-state index contributed by atoms with van der Waals surface area (Å²) in [6.45, 7) is 2.83. The van der Waals surface area contributed by atoms with Crippen LogP contribution in [0.2, 0.25) is 0 Å². The van der Waals surface area contributed by atoms with Gasteiger partial charge in [-0.25, -0.2) is 4.79 Å². The first-order chi connectivity index (χ1) is 9.56. The third-order valence-electron chi connectivity index (χ3n) is 3.88. The van der Waals surface area contributed by atoms with Crippen molar-refractivity contribution in [3.63, 3.8) is 0 Å². The Morgan fingerprint density at radius 3 is 2.75 bits per heavy atom. The van der Waals surface area contributed by atoms with Gasteiger partial charge >= 0.3 is 5.97 Å². The Bertz CT molecular complexity index is 516. The number of nitrogens with zero attached hydrogens (tertiary/aromatic N) is 1. The van der Waals surface area contributed by atoms with Crippen LogP contribution in [0.5, 0.6) is 0 Å². The van der Waals surface area contributed by atoms with E-state index >= 15 is 0 Å². The Morgan fingerprint density at radius 1 is 1.40 bits per heavy atom. The molecule has 20 heavy (non-hydrogen) atoms. The van der Waals surface area contributed by atoms with E-state index in [0.29, 0.717) is 25.1 Å². The lowest BCUT2D eigenvalue weighted by atomic mass is 10.0. The average Bonchev–Trinajstić information content (AvgIpc) is 2.81. The van der Waals surface area contributed by atoms with Crippen molar-refractivity contribution in [1.82, 2.24) is 4.90 Å². The van der Waals surface area contributed by atoms with Crippen molar-refractivity contribution in [2.24, 2.45) is 11.7 Å². The summed E-state index contributed by atoms with van der Waals surface area (Å²) in [6, 6.07) is 6.55. The molecule has 0 aromatic heterocycles. The number of carboxylic acid groups (broad SMARTS) is 1. The molecular formula is C15H20N2O3. The average molecular weight is 276 g/mol. The predicted octanol–water partition coefficient (Wildman–Crippen LogP) is 1.12. The molecular weight excluding hydrogens is 256 g/mol. The molecule has 1 aromatic rings. The zero-order chi connectivity index (χ0) is 14.7. The molecule has 1 saturated heterocycles. The highest BCUT2D eigenvalue weighted by Crippen LogP contribution is 2.26. The Labute approximate surface area is 118 Å². The van der Waals surface area contributed by atoms with Crippen LogP contribution in [0.15, 0.2) is 24.3 Å². The standard InChI is InChI=1S/C15H20N2O3/c1-10-7-9-17(13(10)15(19)20)14(18)12-5-3-2-4-11(12)6-8-16/h2-5,10,13H,6-9,16H2,1H3,(H,19,20). The van der Waals surface area contributed by atoms with Crippen molar-refractivity contribution < 1.29 is 14.7 Å². The molecule has 0 aliphatic carbocycles. The second-order valence-electron chi connectivity index (χ2n) is 5.24. The molecule has 1 aliphatic rings. The lowest BCUT2D eigenvalue weighted by Gasteiger charge is -2.24. The highest BCUT2D eigenvalue weighted by atomic mass is 16.4. The van der Waals surface area contributed by atoms with Crippen LogP contribution in [0.1, 0.15) is 29.3 Å². The van der Waals surface area contributed by atoms with E-state index in [0.717, 1.165) is 12.0 Å². The first kappa shape index (κ1) is 14.5. The molecule has 2 rings (SSSR count). The minimum atomic E-state index is -0.931. The normalized spacial score (nSPS) is 22.0. The number of carbonyl (C=O) groups excluding carboxylic acids is 1. The topological polar surface area (TPSA) is 83.6 Å². The molecule has 1 heterocycles. The van der Waals surface area contributed by atoms with Gasteiger partial charge < -0.3 is 15.7 Å². The maximum atomic E-state index is 12.6. The molecule has 5 nitrogen and oxygen atoms in total. The summed E-state index contributed by atoms with van der Waals surface area (Å²) in [7, 11) is 0. The quantitative estimate of drug-likeness (QED) is 0.863. The van der Waals surface area contributed by atoms with Crippen LogP contribution in [0.4, 0.5) is 0 Å². The van der Waals surface area contributed by atoms with Gasteiger partial charge in [-0.05, 0) is 36.9 Å². The van der Waals surface area contributed by atoms with Crippen LogP contribution >= 0.6 is 0 Å². The van der Waals surface area contributed by atoms with Crippen LogP contribution in [-0.4, -0.2) is 41.0 Å². The van der Waals surface area contributed by atoms with E-state index in [4.69, 9.17) is 5.73 Å². The summed E-state index contributed by atoms with van der Waals surface area (Å²) in [5.41, 5.74) is 7.01. The highest BCUT2D eigenvalue weighted by molar-refractivity contribution is 5.98. The number of nitrogens with two attached hydrogens (primary N) is 1. The van der Waals surface area contributed by atoms with E-state index in [1.54, 1.807) is 12.1 Å². The van der Waals surface area contributed by atoms with Crippen molar-refractivity contribution in [3.8, 4) is 0 Å². The lowest BCUT2D eigenvalue weighted by molar-refractivity contribution is -0.142. The summed E-state index contributed by atoms with van der Waals surface area (Å²) < 4.78 is 0. The zero-order valence-corrected chi connectivity index (χ0v) is 11.6. The third kappa shape index (κ3) is 2.67. The number of benzene rings is 1. The predicted molar refractivity (Wildman–Crippen MR) is 75.4 cm³/mol. The number of carboxylic acids is 1.